The second-order valence-electron chi connectivity index (χ2n) is 1.13. The molecule has 0 rings (SSSR count). The molecule has 10 nitrogen and oxygen atoms in total. The molecule has 0 aliphatic heterocycles. The molecule has 0 atom stereocenters. The van der Waals surface area contributed by atoms with Crippen LogP contribution >= 0.6 is 7.82 Å². The largest absolute Gasteiger partial charge is 0.566 e. The molecule has 0 saturated heterocycles. The molecule has 0 aliphatic rings. The van der Waals surface area contributed by atoms with Crippen molar-refractivity contribution < 1.29 is 33.2 Å². The van der Waals surface area contributed by atoms with Crippen molar-refractivity contribution in [2.24, 2.45) is 0 Å². The van der Waals surface area contributed by atoms with Crippen molar-refractivity contribution in [3.63, 3.8) is 0 Å². The molecule has 0 fully saturated rings. The van der Waals surface area contributed by atoms with Gasteiger partial charge in [-0.1, -0.05) is 4.73 Å². The van der Waals surface area contributed by atoms with Gasteiger partial charge in [0.25, 0.3) is 0 Å². The molecule has 12 heteroatoms. The normalized spacial score (nSPS) is 10.4. The zero-order valence-corrected chi connectivity index (χ0v) is 5.88. The molecule has 0 aromatic rings. The number of phosphoric acid groups is 1. The highest BCUT2D eigenvalue weighted by atomic mass is 31.2. The third kappa shape index (κ3) is 3.63. The smallest absolute Gasteiger partial charge is 0.228 e. The van der Waals surface area contributed by atoms with Crippen molar-refractivity contribution >= 4 is 7.82 Å². The first-order valence-electron chi connectivity index (χ1n) is 1.98. The molecule has 12 heavy (non-hydrogen) atoms. The van der Waals surface area contributed by atoms with Crippen molar-refractivity contribution in [3.8, 4) is 0 Å². The van der Waals surface area contributed by atoms with Gasteiger partial charge in [-0.25, -0.2) is 4.57 Å². The fraction of sp³-hybridized carbons (Fsp3) is 0. The zero-order valence-electron chi connectivity index (χ0n) is 4.99. The van der Waals surface area contributed by atoms with Crippen molar-refractivity contribution in [1.29, 1.82) is 0 Å². The number of hydrogen-bond donors (Lipinski definition) is 0. The molecular formula is FN2O8P. The Morgan fingerprint density at radius 2 is 1.50 bits per heavy atom. The van der Waals surface area contributed by atoms with E-state index < -0.39 is 18.0 Å². The Morgan fingerprint density at radius 3 is 1.67 bits per heavy atom. The van der Waals surface area contributed by atoms with Gasteiger partial charge in [0.15, 0.2) is 0 Å². The molecule has 0 amide bonds. The Hall–Kier alpha value is -1.48. The van der Waals surface area contributed by atoms with Crippen LogP contribution in [-0.2, 0) is 18.5 Å². The van der Waals surface area contributed by atoms with Gasteiger partial charge in [-0.2, -0.15) is 9.25 Å². The van der Waals surface area contributed by atoms with Crippen molar-refractivity contribution in [2.45, 2.75) is 0 Å². The lowest BCUT2D eigenvalue weighted by atomic mass is 13.1. The lowest BCUT2D eigenvalue weighted by Crippen LogP contribution is -2.05. The SMILES string of the molecule is O=[N+]([O-])OP(=O)(OF)O[N+](=O)[O-]. The topological polar surface area (TPSA) is 131 Å². The van der Waals surface area contributed by atoms with Crippen LogP contribution in [0.2, 0.25) is 0 Å². The Labute approximate surface area is 62.5 Å². The molecule has 0 unspecified atom stereocenters. The van der Waals surface area contributed by atoms with Gasteiger partial charge in [0.1, 0.15) is 0 Å². The average Bonchev–Trinajstić information content (AvgIpc) is 1.83. The van der Waals surface area contributed by atoms with Crippen molar-refractivity contribution in [2.75, 3.05) is 0 Å². The van der Waals surface area contributed by atoms with Crippen molar-refractivity contribution in [1.82, 2.24) is 0 Å². The molecule has 0 N–H and O–H groups in total. The molecule has 0 heterocycles. The van der Waals surface area contributed by atoms with Gasteiger partial charge in [0.2, 0.25) is 0 Å². The van der Waals surface area contributed by atoms with Crippen LogP contribution in [0.15, 0.2) is 0 Å². The van der Waals surface area contributed by atoms with E-state index in [0.717, 1.165) is 0 Å². The third-order valence-electron chi connectivity index (χ3n) is 0.418. The summed E-state index contributed by atoms with van der Waals surface area (Å²) in [6.45, 7) is 0. The van der Waals surface area contributed by atoms with E-state index in [9.17, 15) is 29.3 Å². The standard InChI is InChI=1S/FN2O8P/c1-9-12(8,10-2(4)5)11-3(6)7. The first-order valence-corrected chi connectivity index (χ1v) is 3.44. The Bertz CT molecular complexity index is 215. The minimum Gasteiger partial charge on any atom is -0.228 e. The van der Waals surface area contributed by atoms with Crippen LogP contribution in [0.3, 0.4) is 0 Å². The fourth-order valence-corrected chi connectivity index (χ4v) is 0.610. The molecular weight excluding hydrogens is 206 g/mol. The van der Waals surface area contributed by atoms with E-state index in [1.54, 1.807) is 0 Å². The molecule has 0 aromatic carbocycles. The predicted molar refractivity (Wildman–Crippen MR) is 26.0 cm³/mol. The quantitative estimate of drug-likeness (QED) is 0.358. The number of hydrogen-bond acceptors (Lipinski definition) is 8. The average molecular weight is 206 g/mol. The molecule has 0 aliphatic carbocycles. The van der Waals surface area contributed by atoms with Crippen molar-refractivity contribution in [3.05, 3.63) is 20.2 Å². The van der Waals surface area contributed by atoms with Crippen LogP contribution in [0, 0.1) is 20.2 Å². The van der Waals surface area contributed by atoms with E-state index in [2.05, 4.69) is 14.0 Å². The summed E-state index contributed by atoms with van der Waals surface area (Å²) in [4.78, 5) is 18.8. The highest BCUT2D eigenvalue weighted by Crippen LogP contribution is 2.49. The highest BCUT2D eigenvalue weighted by molar-refractivity contribution is 7.47. The third-order valence-corrected chi connectivity index (χ3v) is 1.25. The molecule has 0 radical (unpaired) electrons. The van der Waals surface area contributed by atoms with Crippen LogP contribution < -0.4 is 0 Å². The first kappa shape index (κ1) is 10.5. The lowest BCUT2D eigenvalue weighted by Gasteiger charge is -2.04. The Morgan fingerprint density at radius 1 is 1.17 bits per heavy atom. The van der Waals surface area contributed by atoms with E-state index in [4.69, 9.17) is 0 Å². The van der Waals surface area contributed by atoms with E-state index in [1.165, 1.54) is 0 Å². The van der Waals surface area contributed by atoms with E-state index in [-0.39, 0.29) is 0 Å². The molecule has 0 spiro atoms. The Kier molecular flexibility index (Phi) is 3.31. The van der Waals surface area contributed by atoms with Gasteiger partial charge < -0.3 is 0 Å². The van der Waals surface area contributed by atoms with Gasteiger partial charge in [-0.15, -0.1) is 20.2 Å². The van der Waals surface area contributed by atoms with E-state index in [1.807, 2.05) is 0 Å². The summed E-state index contributed by atoms with van der Waals surface area (Å²) in [7, 11) is -5.38. The summed E-state index contributed by atoms with van der Waals surface area (Å²) in [6.07, 6.45) is 0. The Balaban J connectivity index is 4.35. The van der Waals surface area contributed by atoms with Gasteiger partial charge in [0, 0.05) is 0 Å². The van der Waals surface area contributed by atoms with Crippen LogP contribution in [0.25, 0.3) is 0 Å². The lowest BCUT2D eigenvalue weighted by molar-refractivity contribution is -0.754. The number of nitrogens with zero attached hydrogens (tertiary/aromatic N) is 2. The summed E-state index contributed by atoms with van der Waals surface area (Å²) >= 11 is 0. The summed E-state index contributed by atoms with van der Waals surface area (Å²) in [5.74, 6) is 0. The van der Waals surface area contributed by atoms with Gasteiger partial charge in [-0.3, -0.25) is 0 Å². The monoisotopic (exact) mass is 206 g/mol. The second-order valence-corrected chi connectivity index (χ2v) is 2.49. The number of halogens is 1. The van der Waals surface area contributed by atoms with E-state index in [0.29, 0.717) is 0 Å². The van der Waals surface area contributed by atoms with Gasteiger partial charge >= 0.3 is 18.0 Å². The maximum atomic E-state index is 11.1. The first-order chi connectivity index (χ1) is 5.39. The van der Waals surface area contributed by atoms with Gasteiger partial charge in [-0.05, 0) is 4.53 Å². The van der Waals surface area contributed by atoms with Gasteiger partial charge in [0.05, 0.1) is 0 Å². The van der Waals surface area contributed by atoms with E-state index >= 15 is 0 Å². The minimum absolute atomic E-state index is 1.76. The molecule has 70 valence electrons. The van der Waals surface area contributed by atoms with Crippen LogP contribution in [-0.4, -0.2) is 10.2 Å². The summed E-state index contributed by atoms with van der Waals surface area (Å²) in [5.41, 5.74) is 0. The molecule has 0 saturated carbocycles. The molecule has 0 bridgehead atoms. The summed E-state index contributed by atoms with van der Waals surface area (Å²) in [6, 6.07) is 0. The highest BCUT2D eigenvalue weighted by Gasteiger charge is 2.35. The molecule has 0 aromatic heterocycles. The number of rotatable bonds is 5. The summed E-state index contributed by atoms with van der Waals surface area (Å²) in [5, 5.41) is 15.3. The summed E-state index contributed by atoms with van der Waals surface area (Å²) < 4.78 is 29.5. The fourth-order valence-electron chi connectivity index (χ4n) is 0.203. The zero-order chi connectivity index (χ0) is 9.78. The minimum atomic E-state index is -5.38. The van der Waals surface area contributed by atoms with Crippen LogP contribution in [0.4, 0.5) is 4.53 Å². The van der Waals surface area contributed by atoms with Crippen LogP contribution in [0.1, 0.15) is 0 Å². The predicted octanol–water partition coefficient (Wildman–Crippen LogP) is 0.412. The maximum Gasteiger partial charge on any atom is 0.566 e. The van der Waals surface area contributed by atoms with Crippen LogP contribution in [0.5, 0.6) is 0 Å². The second kappa shape index (κ2) is 3.78. The maximum absolute atomic E-state index is 11.1.